The van der Waals surface area contributed by atoms with Gasteiger partial charge in [-0.25, -0.2) is 13.1 Å². The SMILES string of the molecule is CCCNS(=O)(=O)c1cccc(C(=O)Nc2cccc(C#N)c2)c1. The Morgan fingerprint density at radius 3 is 2.62 bits per heavy atom. The summed E-state index contributed by atoms with van der Waals surface area (Å²) in [6, 6.07) is 14.3. The quantitative estimate of drug-likeness (QED) is 0.842. The number of nitrogens with zero attached hydrogens (tertiary/aromatic N) is 1. The molecule has 2 N–H and O–H groups in total. The number of nitriles is 1. The van der Waals surface area contributed by atoms with Crippen LogP contribution in [0.3, 0.4) is 0 Å². The normalized spacial score (nSPS) is 10.8. The molecule has 2 rings (SSSR count). The van der Waals surface area contributed by atoms with E-state index in [0.717, 1.165) is 0 Å². The summed E-state index contributed by atoms with van der Waals surface area (Å²) in [5.74, 6) is -0.447. The first-order valence-electron chi connectivity index (χ1n) is 7.37. The van der Waals surface area contributed by atoms with Crippen molar-refractivity contribution in [2.75, 3.05) is 11.9 Å². The number of carbonyl (C=O) groups excluding carboxylic acids is 1. The van der Waals surface area contributed by atoms with Crippen LogP contribution in [0.1, 0.15) is 29.3 Å². The first-order valence-corrected chi connectivity index (χ1v) is 8.86. The van der Waals surface area contributed by atoms with Crippen molar-refractivity contribution in [1.82, 2.24) is 4.72 Å². The van der Waals surface area contributed by atoms with Gasteiger partial charge in [0.15, 0.2) is 0 Å². The van der Waals surface area contributed by atoms with Gasteiger partial charge in [-0.1, -0.05) is 19.1 Å². The highest BCUT2D eigenvalue weighted by atomic mass is 32.2. The second kappa shape index (κ2) is 7.73. The molecule has 0 saturated heterocycles. The maximum absolute atomic E-state index is 12.3. The molecule has 0 fully saturated rings. The highest BCUT2D eigenvalue weighted by Gasteiger charge is 2.15. The number of amides is 1. The Bertz CT molecular complexity index is 886. The number of rotatable bonds is 6. The molecule has 2 aromatic carbocycles. The van der Waals surface area contributed by atoms with E-state index >= 15 is 0 Å². The molecular formula is C17H17N3O3S. The fourth-order valence-electron chi connectivity index (χ4n) is 1.99. The van der Waals surface area contributed by atoms with Gasteiger partial charge < -0.3 is 5.32 Å². The molecule has 0 atom stereocenters. The zero-order chi connectivity index (χ0) is 17.6. The van der Waals surface area contributed by atoms with Crippen molar-refractivity contribution >= 4 is 21.6 Å². The number of nitrogens with one attached hydrogen (secondary N) is 2. The third kappa shape index (κ3) is 4.41. The molecule has 0 heterocycles. The maximum atomic E-state index is 12.3. The van der Waals surface area contributed by atoms with Crippen LogP contribution in [0.25, 0.3) is 0 Å². The molecule has 0 aromatic heterocycles. The molecule has 1 amide bonds. The van der Waals surface area contributed by atoms with Crippen LogP contribution in [0.5, 0.6) is 0 Å². The van der Waals surface area contributed by atoms with E-state index in [0.29, 0.717) is 24.2 Å². The van der Waals surface area contributed by atoms with Gasteiger partial charge >= 0.3 is 0 Å². The fraction of sp³-hybridized carbons (Fsp3) is 0.176. The lowest BCUT2D eigenvalue weighted by molar-refractivity contribution is 0.102. The van der Waals surface area contributed by atoms with Crippen molar-refractivity contribution in [2.24, 2.45) is 0 Å². The third-order valence-corrected chi connectivity index (χ3v) is 4.66. The van der Waals surface area contributed by atoms with Crippen molar-refractivity contribution in [3.63, 3.8) is 0 Å². The molecule has 124 valence electrons. The van der Waals surface area contributed by atoms with Gasteiger partial charge in [0.1, 0.15) is 0 Å². The summed E-state index contributed by atoms with van der Waals surface area (Å²) >= 11 is 0. The molecule has 0 aliphatic rings. The minimum Gasteiger partial charge on any atom is -0.322 e. The predicted molar refractivity (Wildman–Crippen MR) is 91.0 cm³/mol. The summed E-state index contributed by atoms with van der Waals surface area (Å²) in [5, 5.41) is 11.5. The fourth-order valence-corrected chi connectivity index (χ4v) is 3.17. The van der Waals surface area contributed by atoms with Gasteiger partial charge in [-0.15, -0.1) is 0 Å². The van der Waals surface area contributed by atoms with Crippen molar-refractivity contribution in [3.8, 4) is 6.07 Å². The Hall–Kier alpha value is -2.69. The molecule has 2 aromatic rings. The van der Waals surface area contributed by atoms with Gasteiger partial charge in [0.05, 0.1) is 16.5 Å². The van der Waals surface area contributed by atoms with Crippen molar-refractivity contribution in [2.45, 2.75) is 18.2 Å². The average Bonchev–Trinajstić information content (AvgIpc) is 2.60. The van der Waals surface area contributed by atoms with Crippen LogP contribution in [0.2, 0.25) is 0 Å². The third-order valence-electron chi connectivity index (χ3n) is 3.20. The van der Waals surface area contributed by atoms with E-state index in [1.54, 1.807) is 24.3 Å². The predicted octanol–water partition coefficient (Wildman–Crippen LogP) is 2.50. The van der Waals surface area contributed by atoms with Gasteiger partial charge in [-0.2, -0.15) is 5.26 Å². The van der Waals surface area contributed by atoms with E-state index < -0.39 is 15.9 Å². The summed E-state index contributed by atoms with van der Waals surface area (Å²) in [7, 11) is -3.64. The van der Waals surface area contributed by atoms with Crippen LogP contribution < -0.4 is 10.0 Å². The number of anilines is 1. The molecule has 0 aliphatic carbocycles. The summed E-state index contributed by atoms with van der Waals surface area (Å²) in [6.07, 6.45) is 0.675. The lowest BCUT2D eigenvalue weighted by atomic mass is 10.2. The lowest BCUT2D eigenvalue weighted by Gasteiger charge is -2.09. The zero-order valence-corrected chi connectivity index (χ0v) is 13.9. The second-order valence-electron chi connectivity index (χ2n) is 5.07. The molecule has 0 radical (unpaired) electrons. The van der Waals surface area contributed by atoms with Crippen LogP contribution in [-0.4, -0.2) is 20.9 Å². The molecule has 6 nitrogen and oxygen atoms in total. The summed E-state index contributed by atoms with van der Waals surface area (Å²) < 4.78 is 26.7. The minimum atomic E-state index is -3.64. The Kier molecular flexibility index (Phi) is 5.68. The minimum absolute atomic E-state index is 0.0365. The van der Waals surface area contributed by atoms with Gasteiger partial charge in [-0.3, -0.25) is 4.79 Å². The molecule has 0 spiro atoms. The maximum Gasteiger partial charge on any atom is 0.255 e. The highest BCUT2D eigenvalue weighted by molar-refractivity contribution is 7.89. The molecule has 0 bridgehead atoms. The van der Waals surface area contributed by atoms with E-state index in [1.165, 1.54) is 24.3 Å². The number of benzene rings is 2. The van der Waals surface area contributed by atoms with E-state index in [4.69, 9.17) is 5.26 Å². The van der Waals surface area contributed by atoms with E-state index in [2.05, 4.69) is 10.0 Å². The molecule has 7 heteroatoms. The lowest BCUT2D eigenvalue weighted by Crippen LogP contribution is -2.24. The van der Waals surface area contributed by atoms with Crippen LogP contribution in [-0.2, 0) is 10.0 Å². The number of sulfonamides is 1. The van der Waals surface area contributed by atoms with Gasteiger partial charge in [0, 0.05) is 17.8 Å². The molecule has 24 heavy (non-hydrogen) atoms. The Morgan fingerprint density at radius 2 is 1.92 bits per heavy atom. The van der Waals surface area contributed by atoms with Crippen molar-refractivity contribution < 1.29 is 13.2 Å². The Balaban J connectivity index is 2.21. The number of carbonyl (C=O) groups is 1. The Labute approximate surface area is 141 Å². The monoisotopic (exact) mass is 343 g/mol. The zero-order valence-electron chi connectivity index (χ0n) is 13.1. The molecular weight excluding hydrogens is 326 g/mol. The molecule has 0 unspecified atom stereocenters. The molecule has 0 saturated carbocycles. The van der Waals surface area contributed by atoms with Gasteiger partial charge in [-0.05, 0) is 42.8 Å². The number of hydrogen-bond donors (Lipinski definition) is 2. The summed E-state index contributed by atoms with van der Waals surface area (Å²) in [4.78, 5) is 12.3. The van der Waals surface area contributed by atoms with Crippen molar-refractivity contribution in [1.29, 1.82) is 5.26 Å². The van der Waals surface area contributed by atoms with Gasteiger partial charge in [0.25, 0.3) is 5.91 Å². The van der Waals surface area contributed by atoms with Crippen LogP contribution >= 0.6 is 0 Å². The summed E-state index contributed by atoms with van der Waals surface area (Å²) in [5.41, 5.74) is 1.11. The standard InChI is InChI=1S/C17H17N3O3S/c1-2-9-19-24(22,23)16-8-4-6-14(11-16)17(21)20-15-7-3-5-13(10-15)12-18/h3-8,10-11,19H,2,9H2,1H3,(H,20,21). The van der Waals surface area contributed by atoms with Crippen LogP contribution in [0, 0.1) is 11.3 Å². The van der Waals surface area contributed by atoms with E-state index in [-0.39, 0.29) is 10.5 Å². The van der Waals surface area contributed by atoms with E-state index in [9.17, 15) is 13.2 Å². The smallest absolute Gasteiger partial charge is 0.255 e. The molecule has 0 aliphatic heterocycles. The summed E-state index contributed by atoms with van der Waals surface area (Å²) in [6.45, 7) is 2.20. The first kappa shape index (κ1) is 17.7. The second-order valence-corrected chi connectivity index (χ2v) is 6.84. The Morgan fingerprint density at radius 1 is 1.17 bits per heavy atom. The highest BCUT2D eigenvalue weighted by Crippen LogP contribution is 2.15. The van der Waals surface area contributed by atoms with Crippen LogP contribution in [0.4, 0.5) is 5.69 Å². The van der Waals surface area contributed by atoms with E-state index in [1.807, 2.05) is 13.0 Å². The number of hydrogen-bond acceptors (Lipinski definition) is 4. The van der Waals surface area contributed by atoms with Gasteiger partial charge in [0.2, 0.25) is 10.0 Å². The van der Waals surface area contributed by atoms with Crippen LogP contribution in [0.15, 0.2) is 53.4 Å². The average molecular weight is 343 g/mol. The van der Waals surface area contributed by atoms with Crippen molar-refractivity contribution in [3.05, 3.63) is 59.7 Å². The first-order chi connectivity index (χ1) is 11.5. The topological polar surface area (TPSA) is 99.1 Å². The largest absolute Gasteiger partial charge is 0.322 e.